The standard InChI is InChI=1S/C32H46F2O5/c1-5-6-10-23(15-16-31(33,34)20-39-25-11-8-7-9-12-25)32(30(37)38,28-18-24(35)19-29(28)36)27-17-22(4)13-14-26(27)21(2)3/h5-9,11-12,15-16,21-24,26-29,35-36H,10,13-14,17-20H2,1-4H3,(H,37,38)/p-1. The number of allylic oxidation sites excluding steroid dienone is 3. The van der Waals surface area contributed by atoms with Crippen LogP contribution in [0, 0.1) is 40.9 Å². The number of carboxylic acids is 1. The number of rotatable bonds is 12. The van der Waals surface area contributed by atoms with Crippen LogP contribution in [-0.4, -0.2) is 40.9 Å². The predicted octanol–water partition coefficient (Wildman–Crippen LogP) is 5.42. The summed E-state index contributed by atoms with van der Waals surface area (Å²) < 4.78 is 35.6. The average Bonchev–Trinajstić information content (AvgIpc) is 3.22. The van der Waals surface area contributed by atoms with Crippen molar-refractivity contribution in [3.8, 4) is 5.75 Å². The highest BCUT2D eigenvalue weighted by molar-refractivity contribution is 5.75. The Morgan fingerprint density at radius 2 is 1.82 bits per heavy atom. The molecule has 5 nitrogen and oxygen atoms in total. The van der Waals surface area contributed by atoms with Gasteiger partial charge in [-0.3, -0.25) is 0 Å². The number of alkyl halides is 2. The Kier molecular flexibility index (Phi) is 10.8. The number of halogens is 2. The molecule has 0 heterocycles. The van der Waals surface area contributed by atoms with Crippen LogP contribution in [0.3, 0.4) is 0 Å². The summed E-state index contributed by atoms with van der Waals surface area (Å²) in [6, 6.07) is 8.35. The third-order valence-electron chi connectivity index (χ3n) is 9.09. The van der Waals surface area contributed by atoms with Gasteiger partial charge < -0.3 is 24.9 Å². The second-order valence-corrected chi connectivity index (χ2v) is 12.1. The summed E-state index contributed by atoms with van der Waals surface area (Å²) in [5, 5.41) is 35.1. The van der Waals surface area contributed by atoms with Gasteiger partial charge in [-0.1, -0.05) is 63.6 Å². The Morgan fingerprint density at radius 1 is 1.13 bits per heavy atom. The van der Waals surface area contributed by atoms with Crippen molar-refractivity contribution in [2.45, 2.75) is 84.4 Å². The van der Waals surface area contributed by atoms with E-state index in [0.29, 0.717) is 12.2 Å². The zero-order valence-electron chi connectivity index (χ0n) is 23.6. The van der Waals surface area contributed by atoms with Crippen LogP contribution in [0.15, 0.2) is 54.6 Å². The van der Waals surface area contributed by atoms with E-state index in [4.69, 9.17) is 4.74 Å². The molecule has 2 aliphatic rings. The molecule has 2 aliphatic carbocycles. The van der Waals surface area contributed by atoms with E-state index < -0.39 is 53.9 Å². The lowest BCUT2D eigenvalue weighted by atomic mass is 9.49. The quantitative estimate of drug-likeness (QED) is 0.341. The molecule has 0 bridgehead atoms. The van der Waals surface area contributed by atoms with Crippen LogP contribution < -0.4 is 9.84 Å². The van der Waals surface area contributed by atoms with Crippen LogP contribution in [0.4, 0.5) is 8.78 Å². The zero-order valence-corrected chi connectivity index (χ0v) is 23.6. The fourth-order valence-electron chi connectivity index (χ4n) is 7.25. The number of hydrogen-bond acceptors (Lipinski definition) is 5. The number of ether oxygens (including phenoxy) is 1. The molecule has 2 N–H and O–H groups in total. The van der Waals surface area contributed by atoms with Crippen molar-refractivity contribution < 1.29 is 33.6 Å². The molecule has 3 rings (SSSR count). The molecule has 8 unspecified atom stereocenters. The van der Waals surface area contributed by atoms with Gasteiger partial charge in [0, 0.05) is 11.4 Å². The maximum absolute atomic E-state index is 15.1. The molecule has 0 radical (unpaired) electrons. The van der Waals surface area contributed by atoms with E-state index in [-0.39, 0.29) is 37.0 Å². The van der Waals surface area contributed by atoms with Gasteiger partial charge >= 0.3 is 0 Å². The molecule has 8 atom stereocenters. The van der Waals surface area contributed by atoms with Gasteiger partial charge in [-0.2, -0.15) is 8.78 Å². The second-order valence-electron chi connectivity index (χ2n) is 12.1. The number of hydrogen-bond donors (Lipinski definition) is 2. The highest BCUT2D eigenvalue weighted by Gasteiger charge is 2.58. The van der Waals surface area contributed by atoms with Crippen LogP contribution in [0.1, 0.15) is 66.2 Å². The number of aliphatic hydroxyl groups excluding tert-OH is 2. The molecule has 218 valence electrons. The smallest absolute Gasteiger partial charge is 0.299 e. The van der Waals surface area contributed by atoms with E-state index in [0.717, 1.165) is 18.9 Å². The molecule has 2 fully saturated rings. The van der Waals surface area contributed by atoms with E-state index in [1.165, 1.54) is 6.08 Å². The number of aliphatic hydroxyl groups is 2. The Morgan fingerprint density at radius 3 is 2.38 bits per heavy atom. The Bertz CT molecular complexity index is 978. The molecule has 0 saturated heterocycles. The summed E-state index contributed by atoms with van der Waals surface area (Å²) >= 11 is 0. The summed E-state index contributed by atoms with van der Waals surface area (Å²) in [4.78, 5) is 13.5. The van der Waals surface area contributed by atoms with Crippen LogP contribution in [-0.2, 0) is 4.79 Å². The normalized spacial score (nSPS) is 30.6. The Hall–Kier alpha value is -2.25. The SMILES string of the molecule is CC=CCC(C=CC(F)(F)COc1ccccc1)C(C(=O)[O-])(C1CC(O)CC1O)C1CC(C)CCC1C(C)C. The summed E-state index contributed by atoms with van der Waals surface area (Å²) in [6.07, 6.45) is 6.48. The molecule has 1 aromatic carbocycles. The van der Waals surface area contributed by atoms with Crippen molar-refractivity contribution in [2.24, 2.45) is 40.9 Å². The first-order valence-electron chi connectivity index (χ1n) is 14.4. The first kappa shape index (κ1) is 31.3. The highest BCUT2D eigenvalue weighted by atomic mass is 19.3. The molecule has 1 aromatic rings. The first-order chi connectivity index (χ1) is 18.4. The Balaban J connectivity index is 2.10. The van der Waals surface area contributed by atoms with E-state index in [9.17, 15) is 20.1 Å². The highest BCUT2D eigenvalue weighted by Crippen LogP contribution is 2.58. The largest absolute Gasteiger partial charge is 0.550 e. The van der Waals surface area contributed by atoms with Gasteiger partial charge in [0.25, 0.3) is 5.92 Å². The number of benzene rings is 1. The van der Waals surface area contributed by atoms with Crippen molar-refractivity contribution in [2.75, 3.05) is 6.61 Å². The van der Waals surface area contributed by atoms with Gasteiger partial charge in [0.05, 0.1) is 12.2 Å². The lowest BCUT2D eigenvalue weighted by molar-refractivity contribution is -0.332. The van der Waals surface area contributed by atoms with Crippen molar-refractivity contribution in [3.63, 3.8) is 0 Å². The Labute approximate surface area is 232 Å². The minimum absolute atomic E-state index is 0.0208. The van der Waals surface area contributed by atoms with Crippen molar-refractivity contribution in [1.82, 2.24) is 0 Å². The lowest BCUT2D eigenvalue weighted by Gasteiger charge is -2.56. The van der Waals surface area contributed by atoms with Crippen LogP contribution in [0.2, 0.25) is 0 Å². The fraction of sp³-hybridized carbons (Fsp3) is 0.656. The average molecular weight is 548 g/mol. The van der Waals surface area contributed by atoms with Gasteiger partial charge in [-0.15, -0.1) is 0 Å². The third-order valence-corrected chi connectivity index (χ3v) is 9.09. The monoisotopic (exact) mass is 547 g/mol. The predicted molar refractivity (Wildman–Crippen MR) is 146 cm³/mol. The molecule has 39 heavy (non-hydrogen) atoms. The van der Waals surface area contributed by atoms with E-state index in [1.807, 2.05) is 0 Å². The second kappa shape index (κ2) is 13.4. The molecular weight excluding hydrogens is 502 g/mol. The topological polar surface area (TPSA) is 89.8 Å². The lowest BCUT2D eigenvalue weighted by Crippen LogP contribution is -2.60. The maximum Gasteiger partial charge on any atom is 0.299 e. The van der Waals surface area contributed by atoms with Crippen LogP contribution in [0.5, 0.6) is 5.75 Å². The minimum Gasteiger partial charge on any atom is -0.550 e. The molecule has 0 aliphatic heterocycles. The fourth-order valence-corrected chi connectivity index (χ4v) is 7.25. The van der Waals surface area contributed by atoms with Crippen LogP contribution in [0.25, 0.3) is 0 Å². The summed E-state index contributed by atoms with van der Waals surface area (Å²) in [6.45, 7) is 7.15. The number of aliphatic carboxylic acids is 1. The van der Waals surface area contributed by atoms with E-state index >= 15 is 8.78 Å². The van der Waals surface area contributed by atoms with Crippen LogP contribution >= 0.6 is 0 Å². The summed E-state index contributed by atoms with van der Waals surface area (Å²) in [7, 11) is 0. The number of carbonyl (C=O) groups excluding carboxylic acids is 1. The summed E-state index contributed by atoms with van der Waals surface area (Å²) in [5.74, 6) is -6.01. The van der Waals surface area contributed by atoms with Gasteiger partial charge in [0.15, 0.2) is 6.61 Å². The van der Waals surface area contributed by atoms with Crippen molar-refractivity contribution in [3.05, 3.63) is 54.6 Å². The molecular formula is C32H45F2O5-. The molecule has 0 spiro atoms. The number of carbonyl (C=O) groups is 1. The van der Waals surface area contributed by atoms with E-state index in [2.05, 4.69) is 20.8 Å². The number of carboxylic acid groups (broad SMARTS) is 1. The molecule has 0 aromatic heterocycles. The van der Waals surface area contributed by atoms with Gasteiger partial charge in [-0.05, 0) is 92.7 Å². The molecule has 0 amide bonds. The van der Waals surface area contributed by atoms with Crippen molar-refractivity contribution in [1.29, 1.82) is 0 Å². The third kappa shape index (κ3) is 7.29. The number of para-hydroxylation sites is 1. The zero-order chi connectivity index (χ0) is 28.8. The van der Waals surface area contributed by atoms with Gasteiger partial charge in [0.2, 0.25) is 0 Å². The van der Waals surface area contributed by atoms with Crippen molar-refractivity contribution >= 4 is 5.97 Å². The maximum atomic E-state index is 15.1. The first-order valence-corrected chi connectivity index (χ1v) is 14.4. The van der Waals surface area contributed by atoms with Gasteiger partial charge in [-0.25, -0.2) is 0 Å². The summed E-state index contributed by atoms with van der Waals surface area (Å²) in [5.41, 5.74) is -1.63. The molecule has 7 heteroatoms. The minimum atomic E-state index is -3.35. The van der Waals surface area contributed by atoms with Gasteiger partial charge in [0.1, 0.15) is 5.75 Å². The van der Waals surface area contributed by atoms with E-state index in [1.54, 1.807) is 49.4 Å². The molecule has 2 saturated carbocycles.